The summed E-state index contributed by atoms with van der Waals surface area (Å²) in [6.45, 7) is 6.16. The second-order valence-electron chi connectivity index (χ2n) is 3.93. The van der Waals surface area contributed by atoms with E-state index in [1.807, 2.05) is 31.2 Å². The first-order valence-electron chi connectivity index (χ1n) is 5.81. The Morgan fingerprint density at radius 1 is 1.50 bits per heavy atom. The van der Waals surface area contributed by atoms with Crippen LogP contribution in [0.15, 0.2) is 41.4 Å². The Labute approximate surface area is 116 Å². The van der Waals surface area contributed by atoms with Crippen LogP contribution in [0, 0.1) is 0 Å². The molecule has 0 bridgehead atoms. The van der Waals surface area contributed by atoms with E-state index in [1.54, 1.807) is 6.08 Å². The van der Waals surface area contributed by atoms with Crippen LogP contribution in [0.25, 0.3) is 0 Å². The highest BCUT2D eigenvalue weighted by Crippen LogP contribution is 2.27. The molecule has 0 radical (unpaired) electrons. The number of carbonyl (C=O) groups excluding carboxylic acids is 1. The van der Waals surface area contributed by atoms with Crippen LogP contribution < -0.4 is 5.32 Å². The predicted molar refractivity (Wildman–Crippen MR) is 76.3 cm³/mol. The fourth-order valence-corrected chi connectivity index (χ4v) is 2.18. The van der Waals surface area contributed by atoms with Crippen molar-refractivity contribution in [1.82, 2.24) is 5.32 Å². The molecule has 3 nitrogen and oxygen atoms in total. The Morgan fingerprint density at radius 3 is 2.56 bits per heavy atom. The van der Waals surface area contributed by atoms with E-state index in [1.165, 1.54) is 7.11 Å². The third kappa shape index (κ3) is 3.00. The molecule has 1 aromatic carbocycles. The number of nitrogens with one attached hydrogen (secondary N) is 1. The highest BCUT2D eigenvalue weighted by Gasteiger charge is 2.38. The minimum Gasteiger partial charge on any atom is -0.467 e. The van der Waals surface area contributed by atoms with Gasteiger partial charge in [-0.3, -0.25) is 5.32 Å². The van der Waals surface area contributed by atoms with E-state index in [0.29, 0.717) is 13.0 Å². The zero-order valence-corrected chi connectivity index (χ0v) is 12.3. The van der Waals surface area contributed by atoms with Crippen LogP contribution in [-0.4, -0.2) is 19.6 Å². The van der Waals surface area contributed by atoms with Gasteiger partial charge >= 0.3 is 5.97 Å². The van der Waals surface area contributed by atoms with Crippen LogP contribution in [0.2, 0.25) is 0 Å². The fourth-order valence-electron chi connectivity index (χ4n) is 1.92. The molecule has 4 heteroatoms. The normalized spacial score (nSPS) is 13.7. The summed E-state index contributed by atoms with van der Waals surface area (Å²) in [5, 5.41) is 3.21. The molecule has 1 unspecified atom stereocenters. The van der Waals surface area contributed by atoms with Gasteiger partial charge in [0.05, 0.1) is 7.11 Å². The predicted octanol–water partition coefficient (Wildman–Crippen LogP) is 3.00. The largest absolute Gasteiger partial charge is 0.467 e. The number of methoxy groups -OCH3 is 1. The van der Waals surface area contributed by atoms with Crippen molar-refractivity contribution in [3.05, 3.63) is 47.0 Å². The van der Waals surface area contributed by atoms with Crippen LogP contribution in [-0.2, 0) is 15.1 Å². The molecule has 18 heavy (non-hydrogen) atoms. The number of halogens is 1. The van der Waals surface area contributed by atoms with E-state index in [9.17, 15) is 4.79 Å². The molecule has 1 aromatic rings. The van der Waals surface area contributed by atoms with Gasteiger partial charge in [-0.25, -0.2) is 4.79 Å². The minimum atomic E-state index is -0.816. The maximum absolute atomic E-state index is 12.1. The fraction of sp³-hybridized carbons (Fsp3) is 0.357. The average molecular weight is 312 g/mol. The summed E-state index contributed by atoms with van der Waals surface area (Å²) in [6, 6.07) is 7.66. The molecule has 0 saturated heterocycles. The van der Waals surface area contributed by atoms with Crippen LogP contribution in [0.4, 0.5) is 0 Å². The number of hydrogen-bond donors (Lipinski definition) is 1. The lowest BCUT2D eigenvalue weighted by molar-refractivity contribution is -0.149. The summed E-state index contributed by atoms with van der Waals surface area (Å²) in [4.78, 5) is 12.1. The standard InChI is InChI=1S/C14H18BrNO2/c1-4-10-16-14(5-2,13(17)18-3)11-6-8-12(15)9-7-11/h4,6-9,16H,1,5,10H2,2-3H3. The van der Waals surface area contributed by atoms with Crippen molar-refractivity contribution in [2.45, 2.75) is 18.9 Å². The van der Waals surface area contributed by atoms with Crippen LogP contribution in [0.5, 0.6) is 0 Å². The monoisotopic (exact) mass is 311 g/mol. The highest BCUT2D eigenvalue weighted by atomic mass is 79.9. The van der Waals surface area contributed by atoms with E-state index in [2.05, 4.69) is 27.8 Å². The summed E-state index contributed by atoms with van der Waals surface area (Å²) in [7, 11) is 1.40. The number of rotatable bonds is 6. The summed E-state index contributed by atoms with van der Waals surface area (Å²) >= 11 is 3.39. The quantitative estimate of drug-likeness (QED) is 0.648. The Kier molecular flexibility index (Phi) is 5.56. The summed E-state index contributed by atoms with van der Waals surface area (Å²) in [5.74, 6) is -0.283. The van der Waals surface area contributed by atoms with Gasteiger partial charge in [-0.05, 0) is 24.1 Å². The molecule has 0 aliphatic rings. The van der Waals surface area contributed by atoms with Crippen LogP contribution in [0.3, 0.4) is 0 Å². The van der Waals surface area contributed by atoms with E-state index < -0.39 is 5.54 Å². The molecule has 0 amide bonds. The van der Waals surface area contributed by atoms with Gasteiger partial charge < -0.3 is 4.74 Å². The number of carbonyl (C=O) groups is 1. The second-order valence-corrected chi connectivity index (χ2v) is 4.84. The van der Waals surface area contributed by atoms with Gasteiger partial charge in [-0.15, -0.1) is 6.58 Å². The van der Waals surface area contributed by atoms with Gasteiger partial charge in [0.15, 0.2) is 0 Å². The third-order valence-corrected chi connectivity index (χ3v) is 3.48. The topological polar surface area (TPSA) is 38.3 Å². The molecule has 0 heterocycles. The first-order chi connectivity index (χ1) is 8.60. The van der Waals surface area contributed by atoms with Gasteiger partial charge in [0.2, 0.25) is 0 Å². The zero-order valence-electron chi connectivity index (χ0n) is 10.7. The molecular weight excluding hydrogens is 294 g/mol. The number of benzene rings is 1. The second kappa shape index (κ2) is 6.71. The van der Waals surface area contributed by atoms with Gasteiger partial charge in [-0.2, -0.15) is 0 Å². The molecule has 0 saturated carbocycles. The molecule has 0 spiro atoms. The highest BCUT2D eigenvalue weighted by molar-refractivity contribution is 9.10. The summed E-state index contributed by atoms with van der Waals surface area (Å²) < 4.78 is 5.92. The van der Waals surface area contributed by atoms with Crippen molar-refractivity contribution in [1.29, 1.82) is 0 Å². The number of ether oxygens (including phenoxy) is 1. The number of hydrogen-bond acceptors (Lipinski definition) is 3. The molecule has 0 aliphatic carbocycles. The van der Waals surface area contributed by atoms with Crippen LogP contribution in [0.1, 0.15) is 18.9 Å². The van der Waals surface area contributed by atoms with Crippen molar-refractivity contribution in [2.24, 2.45) is 0 Å². The summed E-state index contributed by atoms with van der Waals surface area (Å²) in [5.41, 5.74) is 0.0748. The third-order valence-electron chi connectivity index (χ3n) is 2.95. The van der Waals surface area contributed by atoms with E-state index in [4.69, 9.17) is 4.74 Å². The lowest BCUT2D eigenvalue weighted by Crippen LogP contribution is -2.49. The molecule has 0 fully saturated rings. The van der Waals surface area contributed by atoms with Crippen molar-refractivity contribution in [3.63, 3.8) is 0 Å². The van der Waals surface area contributed by atoms with Crippen LogP contribution >= 0.6 is 15.9 Å². The van der Waals surface area contributed by atoms with Crippen molar-refractivity contribution < 1.29 is 9.53 Å². The number of esters is 1. The minimum absolute atomic E-state index is 0.283. The maximum Gasteiger partial charge on any atom is 0.330 e. The van der Waals surface area contributed by atoms with Gasteiger partial charge in [0, 0.05) is 11.0 Å². The van der Waals surface area contributed by atoms with E-state index in [0.717, 1.165) is 10.0 Å². The molecular formula is C14H18BrNO2. The van der Waals surface area contributed by atoms with Gasteiger partial charge in [0.1, 0.15) is 5.54 Å². The average Bonchev–Trinajstić information content (AvgIpc) is 2.41. The first kappa shape index (κ1) is 14.9. The molecule has 0 aromatic heterocycles. The molecule has 1 N–H and O–H groups in total. The van der Waals surface area contributed by atoms with E-state index in [-0.39, 0.29) is 5.97 Å². The molecule has 0 aliphatic heterocycles. The SMILES string of the molecule is C=CCNC(CC)(C(=O)OC)c1ccc(Br)cc1. The van der Waals surface area contributed by atoms with Crippen molar-refractivity contribution >= 4 is 21.9 Å². The molecule has 98 valence electrons. The van der Waals surface area contributed by atoms with Crippen molar-refractivity contribution in [2.75, 3.05) is 13.7 Å². The molecule has 1 rings (SSSR count). The smallest absolute Gasteiger partial charge is 0.330 e. The van der Waals surface area contributed by atoms with E-state index >= 15 is 0 Å². The Balaban J connectivity index is 3.19. The Bertz CT molecular complexity index is 416. The van der Waals surface area contributed by atoms with Gasteiger partial charge in [0.25, 0.3) is 0 Å². The lowest BCUT2D eigenvalue weighted by Gasteiger charge is -2.31. The molecule has 1 atom stereocenters. The van der Waals surface area contributed by atoms with Crippen molar-refractivity contribution in [3.8, 4) is 0 Å². The Hall–Kier alpha value is -1.13. The zero-order chi connectivity index (χ0) is 13.6. The summed E-state index contributed by atoms with van der Waals surface area (Å²) in [6.07, 6.45) is 2.33. The first-order valence-corrected chi connectivity index (χ1v) is 6.60. The lowest BCUT2D eigenvalue weighted by atomic mass is 9.87. The maximum atomic E-state index is 12.1. The Morgan fingerprint density at radius 2 is 2.11 bits per heavy atom. The van der Waals surface area contributed by atoms with Gasteiger partial charge in [-0.1, -0.05) is 41.1 Å².